The van der Waals surface area contributed by atoms with Gasteiger partial charge < -0.3 is 10.6 Å². The monoisotopic (exact) mass is 315 g/mol. The van der Waals surface area contributed by atoms with Crippen LogP contribution in [0.25, 0.3) is 0 Å². The molecule has 0 aliphatic carbocycles. The number of amides is 2. The standard InChI is InChI=1S/C18H25N3O2/c1-2-10-20(13-15-6-4-3-5-7-15)14-17(22)21-11-8-16(9-12-21)18(19)23/h2-7,16H,1,8-14H2,(H2,19,23). The summed E-state index contributed by atoms with van der Waals surface area (Å²) in [5.74, 6) is -0.243. The second-order valence-electron chi connectivity index (χ2n) is 6.00. The molecule has 2 rings (SSSR count). The molecule has 0 unspecified atom stereocenters. The first-order valence-electron chi connectivity index (χ1n) is 8.04. The highest BCUT2D eigenvalue weighted by molar-refractivity contribution is 5.80. The highest BCUT2D eigenvalue weighted by Crippen LogP contribution is 2.17. The van der Waals surface area contributed by atoms with Crippen LogP contribution in [0.5, 0.6) is 0 Å². The Hall–Kier alpha value is -2.14. The number of carbonyl (C=O) groups is 2. The fraction of sp³-hybridized carbons (Fsp3) is 0.444. The number of likely N-dealkylation sites (tertiary alicyclic amines) is 1. The van der Waals surface area contributed by atoms with Crippen LogP contribution in [-0.2, 0) is 16.1 Å². The Kier molecular flexibility index (Phi) is 6.35. The van der Waals surface area contributed by atoms with Gasteiger partial charge in [0.2, 0.25) is 11.8 Å². The molecule has 0 aromatic heterocycles. The van der Waals surface area contributed by atoms with E-state index in [9.17, 15) is 9.59 Å². The quantitative estimate of drug-likeness (QED) is 0.773. The molecule has 2 N–H and O–H groups in total. The number of piperidine rings is 1. The molecule has 1 aromatic carbocycles. The number of primary amides is 1. The van der Waals surface area contributed by atoms with Gasteiger partial charge in [-0.05, 0) is 18.4 Å². The number of carbonyl (C=O) groups excluding carboxylic acids is 2. The van der Waals surface area contributed by atoms with Gasteiger partial charge in [-0.3, -0.25) is 14.5 Å². The van der Waals surface area contributed by atoms with E-state index in [2.05, 4.69) is 23.6 Å². The normalized spacial score (nSPS) is 15.6. The van der Waals surface area contributed by atoms with Crippen LogP contribution in [0.15, 0.2) is 43.0 Å². The molecule has 2 amide bonds. The minimum absolute atomic E-state index is 0.0901. The van der Waals surface area contributed by atoms with E-state index in [1.807, 2.05) is 29.2 Å². The zero-order valence-electron chi connectivity index (χ0n) is 13.5. The average Bonchev–Trinajstić information content (AvgIpc) is 2.56. The number of nitrogens with two attached hydrogens (primary N) is 1. The van der Waals surface area contributed by atoms with Crippen LogP contribution in [0.3, 0.4) is 0 Å². The number of rotatable bonds is 7. The number of benzene rings is 1. The van der Waals surface area contributed by atoms with E-state index < -0.39 is 0 Å². The van der Waals surface area contributed by atoms with Crippen molar-refractivity contribution in [1.82, 2.24) is 9.80 Å². The first kappa shape index (κ1) is 17.2. The Morgan fingerprint density at radius 3 is 2.48 bits per heavy atom. The highest BCUT2D eigenvalue weighted by atomic mass is 16.2. The van der Waals surface area contributed by atoms with Crippen molar-refractivity contribution in [1.29, 1.82) is 0 Å². The molecule has 1 aliphatic rings. The summed E-state index contributed by atoms with van der Waals surface area (Å²) in [4.78, 5) is 27.6. The molecule has 0 atom stereocenters. The Labute approximate surface area is 137 Å². The van der Waals surface area contributed by atoms with Gasteiger partial charge in [-0.25, -0.2) is 0 Å². The lowest BCUT2D eigenvalue weighted by Crippen LogP contribution is -2.45. The lowest BCUT2D eigenvalue weighted by molar-refractivity contribution is -0.135. The second kappa shape index (κ2) is 8.48. The minimum Gasteiger partial charge on any atom is -0.369 e. The van der Waals surface area contributed by atoms with Crippen LogP contribution in [0.2, 0.25) is 0 Å². The van der Waals surface area contributed by atoms with Gasteiger partial charge in [0.25, 0.3) is 0 Å². The number of hydrogen-bond donors (Lipinski definition) is 1. The summed E-state index contributed by atoms with van der Waals surface area (Å²) in [6.07, 6.45) is 3.15. The van der Waals surface area contributed by atoms with Crippen molar-refractivity contribution >= 4 is 11.8 Å². The van der Waals surface area contributed by atoms with Crippen molar-refractivity contribution in [2.24, 2.45) is 11.7 Å². The van der Waals surface area contributed by atoms with E-state index in [0.717, 1.165) is 6.54 Å². The maximum Gasteiger partial charge on any atom is 0.236 e. The third kappa shape index (κ3) is 5.21. The molecule has 0 spiro atoms. The molecule has 1 aromatic rings. The Morgan fingerprint density at radius 1 is 1.26 bits per heavy atom. The summed E-state index contributed by atoms with van der Waals surface area (Å²) in [6.45, 7) is 6.74. The van der Waals surface area contributed by atoms with E-state index in [0.29, 0.717) is 39.0 Å². The predicted octanol–water partition coefficient (Wildman–Crippen LogP) is 1.40. The number of hydrogen-bond acceptors (Lipinski definition) is 3. The molecule has 1 aliphatic heterocycles. The Morgan fingerprint density at radius 2 is 1.91 bits per heavy atom. The van der Waals surface area contributed by atoms with Gasteiger partial charge in [0.15, 0.2) is 0 Å². The van der Waals surface area contributed by atoms with Gasteiger partial charge in [0.05, 0.1) is 6.54 Å². The fourth-order valence-corrected chi connectivity index (χ4v) is 2.91. The first-order chi connectivity index (χ1) is 11.1. The van der Waals surface area contributed by atoms with Gasteiger partial charge in [0.1, 0.15) is 0 Å². The third-order valence-corrected chi connectivity index (χ3v) is 4.25. The SMILES string of the molecule is C=CCN(CC(=O)N1CCC(C(N)=O)CC1)Cc1ccccc1. The van der Waals surface area contributed by atoms with Gasteiger partial charge in [0, 0.05) is 32.1 Å². The average molecular weight is 315 g/mol. The lowest BCUT2D eigenvalue weighted by atomic mass is 9.96. The minimum atomic E-state index is -0.255. The van der Waals surface area contributed by atoms with Crippen LogP contribution in [0, 0.1) is 5.92 Å². The van der Waals surface area contributed by atoms with Gasteiger partial charge >= 0.3 is 0 Å². The highest BCUT2D eigenvalue weighted by Gasteiger charge is 2.26. The Balaban J connectivity index is 1.88. The van der Waals surface area contributed by atoms with Gasteiger partial charge in [-0.1, -0.05) is 36.4 Å². The van der Waals surface area contributed by atoms with E-state index in [-0.39, 0.29) is 17.7 Å². The smallest absolute Gasteiger partial charge is 0.236 e. The number of nitrogens with zero attached hydrogens (tertiary/aromatic N) is 2. The van der Waals surface area contributed by atoms with Crippen LogP contribution in [0.1, 0.15) is 18.4 Å². The summed E-state index contributed by atoms with van der Waals surface area (Å²) >= 11 is 0. The van der Waals surface area contributed by atoms with Crippen molar-refractivity contribution in [2.45, 2.75) is 19.4 Å². The van der Waals surface area contributed by atoms with E-state index in [4.69, 9.17) is 5.73 Å². The fourth-order valence-electron chi connectivity index (χ4n) is 2.91. The summed E-state index contributed by atoms with van der Waals surface area (Å²) in [6, 6.07) is 10.1. The van der Waals surface area contributed by atoms with Crippen LogP contribution in [0.4, 0.5) is 0 Å². The van der Waals surface area contributed by atoms with Crippen LogP contribution < -0.4 is 5.73 Å². The zero-order valence-corrected chi connectivity index (χ0v) is 13.5. The largest absolute Gasteiger partial charge is 0.369 e. The van der Waals surface area contributed by atoms with Crippen molar-refractivity contribution in [3.05, 3.63) is 48.6 Å². The lowest BCUT2D eigenvalue weighted by Gasteiger charge is -2.32. The first-order valence-corrected chi connectivity index (χ1v) is 8.04. The van der Waals surface area contributed by atoms with Crippen molar-refractivity contribution in [3.8, 4) is 0 Å². The zero-order chi connectivity index (χ0) is 16.7. The summed E-state index contributed by atoms with van der Waals surface area (Å²) in [7, 11) is 0. The summed E-state index contributed by atoms with van der Waals surface area (Å²) in [5, 5.41) is 0. The van der Waals surface area contributed by atoms with Crippen LogP contribution in [-0.4, -0.2) is 47.8 Å². The molecule has 0 bridgehead atoms. The van der Waals surface area contributed by atoms with Gasteiger partial charge in [-0.2, -0.15) is 0 Å². The molecule has 5 heteroatoms. The second-order valence-corrected chi connectivity index (χ2v) is 6.00. The van der Waals surface area contributed by atoms with E-state index in [1.54, 1.807) is 0 Å². The molecule has 1 heterocycles. The maximum absolute atomic E-state index is 12.5. The van der Waals surface area contributed by atoms with Crippen molar-refractivity contribution in [2.75, 3.05) is 26.2 Å². The molecule has 23 heavy (non-hydrogen) atoms. The summed E-state index contributed by atoms with van der Waals surface area (Å²) in [5.41, 5.74) is 6.51. The molecular weight excluding hydrogens is 290 g/mol. The molecular formula is C18H25N3O2. The topological polar surface area (TPSA) is 66.6 Å². The van der Waals surface area contributed by atoms with Gasteiger partial charge in [-0.15, -0.1) is 6.58 Å². The molecule has 124 valence electrons. The molecule has 0 saturated carbocycles. The maximum atomic E-state index is 12.5. The molecule has 5 nitrogen and oxygen atoms in total. The molecule has 1 saturated heterocycles. The molecule has 1 fully saturated rings. The predicted molar refractivity (Wildman–Crippen MR) is 90.4 cm³/mol. The Bertz CT molecular complexity index is 536. The van der Waals surface area contributed by atoms with E-state index >= 15 is 0 Å². The van der Waals surface area contributed by atoms with Crippen molar-refractivity contribution < 1.29 is 9.59 Å². The van der Waals surface area contributed by atoms with Crippen molar-refractivity contribution in [3.63, 3.8) is 0 Å². The third-order valence-electron chi connectivity index (χ3n) is 4.25. The van der Waals surface area contributed by atoms with Crippen LogP contribution >= 0.6 is 0 Å². The molecule has 0 radical (unpaired) electrons. The summed E-state index contributed by atoms with van der Waals surface area (Å²) < 4.78 is 0. The van der Waals surface area contributed by atoms with E-state index in [1.165, 1.54) is 5.56 Å².